The predicted octanol–water partition coefficient (Wildman–Crippen LogP) is 2.00. The molecular weight excluding hydrogens is 249 g/mol. The summed E-state index contributed by atoms with van der Waals surface area (Å²) in [4.78, 5) is 13.6. The van der Waals surface area contributed by atoms with E-state index in [1.807, 2.05) is 0 Å². The van der Waals surface area contributed by atoms with Crippen LogP contribution in [-0.4, -0.2) is 21.4 Å². The highest BCUT2D eigenvalue weighted by atomic mass is 19.4. The smallest absolute Gasteiger partial charge is 0.376 e. The Hall–Kier alpha value is -1.98. The SMILES string of the molecule is CC(=O)C(=[N+]=[N-])C(O)c1cccc(C(F)(F)F)c1. The van der Waals surface area contributed by atoms with Crippen molar-refractivity contribution in [3.63, 3.8) is 0 Å². The van der Waals surface area contributed by atoms with Crippen LogP contribution in [0.4, 0.5) is 13.2 Å². The zero-order valence-corrected chi connectivity index (χ0v) is 9.27. The molecule has 0 heterocycles. The van der Waals surface area contributed by atoms with Crippen molar-refractivity contribution in [2.75, 3.05) is 0 Å². The third-order valence-electron chi connectivity index (χ3n) is 2.26. The molecule has 1 unspecified atom stereocenters. The standard InChI is InChI=1S/C11H9F3N2O2/c1-6(17)9(16-15)10(18)7-3-2-4-8(5-7)11(12,13)14/h2-5,10,18H,1H3. The zero-order valence-electron chi connectivity index (χ0n) is 9.27. The van der Waals surface area contributed by atoms with Gasteiger partial charge < -0.3 is 10.6 Å². The van der Waals surface area contributed by atoms with E-state index < -0.39 is 29.3 Å². The van der Waals surface area contributed by atoms with Crippen LogP contribution in [0.25, 0.3) is 5.53 Å². The predicted molar refractivity (Wildman–Crippen MR) is 55.7 cm³/mol. The molecule has 0 amide bonds. The third-order valence-corrected chi connectivity index (χ3v) is 2.26. The summed E-state index contributed by atoms with van der Waals surface area (Å²) in [5.74, 6) is -0.734. The van der Waals surface area contributed by atoms with Gasteiger partial charge in [0.05, 0.1) is 5.56 Å². The van der Waals surface area contributed by atoms with Gasteiger partial charge in [0.2, 0.25) is 5.78 Å². The van der Waals surface area contributed by atoms with Gasteiger partial charge in [-0.05, 0) is 17.7 Å². The van der Waals surface area contributed by atoms with E-state index in [1.54, 1.807) is 0 Å². The molecule has 0 spiro atoms. The Morgan fingerprint density at radius 3 is 2.50 bits per heavy atom. The van der Waals surface area contributed by atoms with E-state index in [0.717, 1.165) is 19.1 Å². The van der Waals surface area contributed by atoms with Gasteiger partial charge in [-0.25, -0.2) is 0 Å². The molecule has 0 saturated carbocycles. The Morgan fingerprint density at radius 2 is 2.06 bits per heavy atom. The molecule has 0 fully saturated rings. The summed E-state index contributed by atoms with van der Waals surface area (Å²) in [7, 11) is 0. The van der Waals surface area contributed by atoms with Crippen molar-refractivity contribution in [3.8, 4) is 0 Å². The number of hydrogen-bond acceptors (Lipinski definition) is 2. The summed E-state index contributed by atoms with van der Waals surface area (Å²) in [6.07, 6.45) is -6.25. The topological polar surface area (TPSA) is 73.7 Å². The van der Waals surface area contributed by atoms with Crippen molar-refractivity contribution >= 4 is 11.5 Å². The van der Waals surface area contributed by atoms with Crippen molar-refractivity contribution in [3.05, 3.63) is 40.9 Å². The molecule has 4 nitrogen and oxygen atoms in total. The molecule has 0 aromatic heterocycles. The van der Waals surface area contributed by atoms with Crippen LogP contribution in [0, 0.1) is 0 Å². The van der Waals surface area contributed by atoms with Crippen LogP contribution in [-0.2, 0) is 11.0 Å². The van der Waals surface area contributed by atoms with Crippen LogP contribution < -0.4 is 0 Å². The Balaban J connectivity index is 3.19. The minimum absolute atomic E-state index is 0.173. The number of benzene rings is 1. The summed E-state index contributed by atoms with van der Waals surface area (Å²) in [6.45, 7) is 1.03. The lowest BCUT2D eigenvalue weighted by atomic mass is 10.0. The molecule has 0 aliphatic rings. The number of ketones is 1. The normalized spacial score (nSPS) is 12.7. The second kappa shape index (κ2) is 5.12. The number of carbonyl (C=O) groups excluding carboxylic acids is 1. The first-order valence-electron chi connectivity index (χ1n) is 4.85. The van der Waals surface area contributed by atoms with E-state index in [-0.39, 0.29) is 5.56 Å². The number of aliphatic hydroxyl groups is 1. The van der Waals surface area contributed by atoms with Crippen LogP contribution in [0.2, 0.25) is 0 Å². The van der Waals surface area contributed by atoms with Gasteiger partial charge in [0, 0.05) is 6.92 Å². The number of nitrogens with zero attached hydrogens (tertiary/aromatic N) is 2. The van der Waals surface area contributed by atoms with Crippen molar-refractivity contribution in [2.24, 2.45) is 0 Å². The maximum atomic E-state index is 12.4. The van der Waals surface area contributed by atoms with Gasteiger partial charge in [-0.1, -0.05) is 12.1 Å². The van der Waals surface area contributed by atoms with E-state index in [2.05, 4.69) is 4.79 Å². The van der Waals surface area contributed by atoms with Crippen molar-refractivity contribution in [1.82, 2.24) is 0 Å². The average Bonchev–Trinajstić information content (AvgIpc) is 2.28. The largest absolute Gasteiger partial charge is 0.416 e. The molecule has 0 aliphatic carbocycles. The molecule has 1 aromatic carbocycles. The number of halogens is 3. The van der Waals surface area contributed by atoms with Gasteiger partial charge >= 0.3 is 11.9 Å². The first-order chi connectivity index (χ1) is 8.27. The van der Waals surface area contributed by atoms with Crippen LogP contribution >= 0.6 is 0 Å². The number of Topliss-reactive ketones (excluding diaryl/α,β-unsaturated/α-hetero) is 1. The summed E-state index contributed by atoms with van der Waals surface area (Å²) < 4.78 is 37.3. The summed E-state index contributed by atoms with van der Waals surface area (Å²) in [5, 5.41) is 9.66. The fraction of sp³-hybridized carbons (Fsp3) is 0.273. The average molecular weight is 258 g/mol. The maximum Gasteiger partial charge on any atom is 0.416 e. The second-order valence-electron chi connectivity index (χ2n) is 3.57. The second-order valence-corrected chi connectivity index (χ2v) is 3.57. The lowest BCUT2D eigenvalue weighted by Crippen LogP contribution is -2.21. The summed E-state index contributed by atoms with van der Waals surface area (Å²) >= 11 is 0. The van der Waals surface area contributed by atoms with Crippen LogP contribution in [0.3, 0.4) is 0 Å². The molecule has 0 saturated heterocycles. The van der Waals surface area contributed by atoms with E-state index >= 15 is 0 Å². The molecule has 96 valence electrons. The third kappa shape index (κ3) is 3.03. The molecule has 0 aliphatic heterocycles. The highest BCUT2D eigenvalue weighted by molar-refractivity contribution is 6.38. The highest BCUT2D eigenvalue weighted by Crippen LogP contribution is 2.30. The monoisotopic (exact) mass is 258 g/mol. The number of hydrogen-bond donors (Lipinski definition) is 1. The van der Waals surface area contributed by atoms with E-state index in [1.165, 1.54) is 6.07 Å². The Labute approximate surface area is 100 Å². The first kappa shape index (κ1) is 14.1. The van der Waals surface area contributed by atoms with Gasteiger partial charge in [-0.3, -0.25) is 4.79 Å². The molecule has 18 heavy (non-hydrogen) atoms. The van der Waals surface area contributed by atoms with Gasteiger partial charge in [0.15, 0.2) is 6.10 Å². The molecule has 0 bridgehead atoms. The van der Waals surface area contributed by atoms with Gasteiger partial charge in [0.25, 0.3) is 0 Å². The number of rotatable bonds is 3. The van der Waals surface area contributed by atoms with Crippen LogP contribution in [0.1, 0.15) is 24.2 Å². The lowest BCUT2D eigenvalue weighted by Gasteiger charge is -2.10. The molecule has 0 radical (unpaired) electrons. The van der Waals surface area contributed by atoms with Crippen LogP contribution in [0.5, 0.6) is 0 Å². The van der Waals surface area contributed by atoms with Crippen molar-refractivity contribution in [1.29, 1.82) is 0 Å². The fourth-order valence-corrected chi connectivity index (χ4v) is 1.36. The Kier molecular flexibility index (Phi) is 4.00. The maximum absolute atomic E-state index is 12.4. The molecule has 1 aromatic rings. The van der Waals surface area contributed by atoms with E-state index in [0.29, 0.717) is 6.07 Å². The molecule has 1 N–H and O–H groups in total. The Bertz CT molecular complexity index is 519. The minimum Gasteiger partial charge on any atom is -0.376 e. The van der Waals surface area contributed by atoms with Crippen molar-refractivity contribution in [2.45, 2.75) is 19.2 Å². The van der Waals surface area contributed by atoms with Gasteiger partial charge in [-0.2, -0.15) is 18.0 Å². The fourth-order valence-electron chi connectivity index (χ4n) is 1.36. The molecule has 7 heteroatoms. The summed E-state index contributed by atoms with van der Waals surface area (Å²) in [5.41, 5.74) is 6.79. The zero-order chi connectivity index (χ0) is 13.9. The Morgan fingerprint density at radius 1 is 1.44 bits per heavy atom. The number of alkyl halides is 3. The first-order valence-corrected chi connectivity index (χ1v) is 4.85. The van der Waals surface area contributed by atoms with Gasteiger partial charge in [0.1, 0.15) is 0 Å². The molecule has 1 atom stereocenters. The number of aliphatic hydroxyl groups excluding tert-OH is 1. The van der Waals surface area contributed by atoms with Gasteiger partial charge in [-0.15, -0.1) is 0 Å². The summed E-state index contributed by atoms with van der Waals surface area (Å²) in [6, 6.07) is 3.82. The van der Waals surface area contributed by atoms with E-state index in [4.69, 9.17) is 5.53 Å². The van der Waals surface area contributed by atoms with Crippen LogP contribution in [0.15, 0.2) is 24.3 Å². The highest BCUT2D eigenvalue weighted by Gasteiger charge is 2.33. The minimum atomic E-state index is -4.55. The quantitative estimate of drug-likeness (QED) is 0.511. The number of carbonyl (C=O) groups is 1. The molecular formula is C11H9F3N2O2. The lowest BCUT2D eigenvalue weighted by molar-refractivity contribution is -0.137. The van der Waals surface area contributed by atoms with E-state index in [9.17, 15) is 23.1 Å². The molecule has 1 rings (SSSR count). The van der Waals surface area contributed by atoms with Crippen molar-refractivity contribution < 1.29 is 27.9 Å².